The zero-order valence-corrected chi connectivity index (χ0v) is 25.3. The Morgan fingerprint density at radius 1 is 0.644 bits per heavy atom. The van der Waals surface area contributed by atoms with Crippen LogP contribution in [0, 0.1) is 13.8 Å². The van der Waals surface area contributed by atoms with Crippen molar-refractivity contribution < 1.29 is 4.74 Å². The molecular weight excluding hydrogens is 576 g/mol. The molecule has 0 saturated carbocycles. The molecule has 0 radical (unpaired) electrons. The van der Waals surface area contributed by atoms with Crippen LogP contribution in [0.5, 0.6) is 5.75 Å². The molecule has 45 heavy (non-hydrogen) atoms. The third-order valence-electron chi connectivity index (χ3n) is 5.85. The van der Waals surface area contributed by atoms with Gasteiger partial charge in [-0.05, 0) is 52.0 Å². The summed E-state index contributed by atoms with van der Waals surface area (Å²) in [5.41, 5.74) is 2.62. The van der Waals surface area contributed by atoms with Crippen molar-refractivity contribution in [1.29, 1.82) is 0 Å². The largest absolute Gasteiger partial charge is 0.484 e. The van der Waals surface area contributed by atoms with Crippen LogP contribution < -0.4 is 21.4 Å². The number of imidazole rings is 1. The second-order valence-corrected chi connectivity index (χ2v) is 9.93. The Morgan fingerprint density at radius 3 is 1.53 bits per heavy atom. The number of aromatic nitrogens is 10. The van der Waals surface area contributed by atoms with Gasteiger partial charge in [0.05, 0.1) is 18.6 Å². The number of nitrogens with zero attached hydrogens (tertiary/aromatic N) is 7. The summed E-state index contributed by atoms with van der Waals surface area (Å²) in [7, 11) is 1.86. The molecule has 230 valence electrons. The van der Waals surface area contributed by atoms with Crippen molar-refractivity contribution in [3.63, 3.8) is 0 Å². The average Bonchev–Trinajstić information content (AvgIpc) is 3.48. The molecular formula is C31H32N10O4. The number of hydrogen-bond donors (Lipinski definition) is 3. The second kappa shape index (κ2) is 14.9. The molecule has 0 atom stereocenters. The number of ether oxygens (including phenoxy) is 1. The van der Waals surface area contributed by atoms with Crippen molar-refractivity contribution in [3.05, 3.63) is 122 Å². The van der Waals surface area contributed by atoms with E-state index in [9.17, 15) is 14.4 Å². The first kappa shape index (κ1) is 31.9. The van der Waals surface area contributed by atoms with E-state index in [2.05, 4.69) is 44.9 Å². The van der Waals surface area contributed by atoms with E-state index in [1.807, 2.05) is 39.1 Å². The van der Waals surface area contributed by atoms with Gasteiger partial charge >= 0.3 is 0 Å². The summed E-state index contributed by atoms with van der Waals surface area (Å²) >= 11 is 0. The van der Waals surface area contributed by atoms with Crippen LogP contribution in [0.25, 0.3) is 34.6 Å². The summed E-state index contributed by atoms with van der Waals surface area (Å²) in [5, 5.41) is 0. The van der Waals surface area contributed by atoms with Gasteiger partial charge in [-0.25, -0.2) is 19.9 Å². The van der Waals surface area contributed by atoms with Gasteiger partial charge in [0.25, 0.3) is 16.7 Å². The molecule has 0 unspecified atom stereocenters. The Balaban J connectivity index is 0.000000155. The quantitative estimate of drug-likeness (QED) is 0.262. The zero-order chi connectivity index (χ0) is 32.3. The number of rotatable bonds is 5. The Bertz CT molecular complexity index is 2020. The summed E-state index contributed by atoms with van der Waals surface area (Å²) in [6, 6.07) is 10.9. The van der Waals surface area contributed by atoms with Gasteiger partial charge in [-0.15, -0.1) is 0 Å². The molecule has 6 aromatic rings. The smallest absolute Gasteiger partial charge is 0.293 e. The minimum absolute atomic E-state index is 0.0569. The van der Waals surface area contributed by atoms with Crippen molar-refractivity contribution in [3.8, 4) is 40.3 Å². The van der Waals surface area contributed by atoms with Crippen LogP contribution in [0.2, 0.25) is 0 Å². The Labute approximate surface area is 257 Å². The lowest BCUT2D eigenvalue weighted by Crippen LogP contribution is -2.17. The first-order chi connectivity index (χ1) is 21.6. The van der Waals surface area contributed by atoms with Crippen LogP contribution in [-0.4, -0.2) is 55.5 Å². The third-order valence-corrected chi connectivity index (χ3v) is 5.85. The number of hydrogen-bond acceptors (Lipinski definition) is 10. The SMILES string of the molecule is CC(C)Oc1cnc(-c2ccccn2)[nH]c1=O.Cc1cnc(-c2ccccn2)[nH]c1=O.Cc1cnc(-c2cn(C)cn2)[nH]c1=O. The molecule has 0 amide bonds. The Morgan fingerprint density at radius 2 is 1.13 bits per heavy atom. The molecule has 0 saturated heterocycles. The molecule has 0 aliphatic heterocycles. The summed E-state index contributed by atoms with van der Waals surface area (Å²) in [6.07, 6.45) is 11.2. The highest BCUT2D eigenvalue weighted by atomic mass is 16.5. The predicted molar refractivity (Wildman–Crippen MR) is 168 cm³/mol. The Kier molecular flexibility index (Phi) is 10.6. The Hall–Kier alpha value is -6.05. The summed E-state index contributed by atoms with van der Waals surface area (Å²) in [6.45, 7) is 7.14. The summed E-state index contributed by atoms with van der Waals surface area (Å²) in [5.74, 6) is 1.66. The van der Waals surface area contributed by atoms with Crippen molar-refractivity contribution in [2.45, 2.75) is 33.8 Å². The number of H-pyrrole nitrogens is 3. The fourth-order valence-electron chi connectivity index (χ4n) is 3.57. The standard InChI is InChI=1S/C12H13N3O2.C10H9N3O.C9H10N4O/c1-8(2)17-10-7-14-11(15-12(10)16)9-5-3-4-6-13-9;1-7-6-12-9(13-10(7)14)8-4-2-3-5-11-8;1-6-3-10-8(12-9(6)14)7-4-13(2)5-11-7/h3-8H,1-2H3,(H,14,15,16);2-6H,1H3,(H,12,13,14);3-5H,1-2H3,(H,10,12,14). The lowest BCUT2D eigenvalue weighted by Gasteiger charge is -2.08. The highest BCUT2D eigenvalue weighted by molar-refractivity contribution is 5.49. The number of aryl methyl sites for hydroxylation is 3. The van der Waals surface area contributed by atoms with E-state index in [0.29, 0.717) is 45.7 Å². The third kappa shape index (κ3) is 8.97. The summed E-state index contributed by atoms with van der Waals surface area (Å²) < 4.78 is 7.11. The summed E-state index contributed by atoms with van der Waals surface area (Å²) in [4.78, 5) is 66.8. The van der Waals surface area contributed by atoms with E-state index in [-0.39, 0.29) is 28.5 Å². The monoisotopic (exact) mass is 608 g/mol. The molecule has 0 bridgehead atoms. The second-order valence-electron chi connectivity index (χ2n) is 9.93. The van der Waals surface area contributed by atoms with E-state index in [4.69, 9.17) is 4.74 Å². The van der Waals surface area contributed by atoms with Gasteiger partial charge in [-0.1, -0.05) is 12.1 Å². The molecule has 0 aliphatic rings. The van der Waals surface area contributed by atoms with Gasteiger partial charge in [0.2, 0.25) is 5.75 Å². The molecule has 3 N–H and O–H groups in total. The first-order valence-corrected chi connectivity index (χ1v) is 13.8. The van der Waals surface area contributed by atoms with Crippen molar-refractivity contribution in [1.82, 2.24) is 49.4 Å². The minimum Gasteiger partial charge on any atom is -0.484 e. The average molecular weight is 609 g/mol. The van der Waals surface area contributed by atoms with Crippen molar-refractivity contribution in [2.24, 2.45) is 7.05 Å². The molecule has 6 rings (SSSR count). The van der Waals surface area contributed by atoms with E-state index in [1.165, 1.54) is 6.20 Å². The topological polar surface area (TPSA) is 190 Å². The molecule has 6 aromatic heterocycles. The van der Waals surface area contributed by atoms with Gasteiger partial charge in [-0.3, -0.25) is 24.4 Å². The lowest BCUT2D eigenvalue weighted by atomic mass is 10.3. The van der Waals surface area contributed by atoms with Crippen LogP contribution in [0.1, 0.15) is 25.0 Å². The van der Waals surface area contributed by atoms with E-state index in [1.54, 1.807) is 73.9 Å². The molecule has 0 fully saturated rings. The molecule has 0 aliphatic carbocycles. The molecule has 14 heteroatoms. The zero-order valence-electron chi connectivity index (χ0n) is 25.3. The maximum absolute atomic E-state index is 11.7. The fourth-order valence-corrected chi connectivity index (χ4v) is 3.57. The molecule has 6 heterocycles. The van der Waals surface area contributed by atoms with E-state index >= 15 is 0 Å². The highest BCUT2D eigenvalue weighted by Crippen LogP contribution is 2.11. The van der Waals surface area contributed by atoms with Crippen molar-refractivity contribution >= 4 is 0 Å². The first-order valence-electron chi connectivity index (χ1n) is 13.8. The van der Waals surface area contributed by atoms with Gasteiger partial charge in [0.1, 0.15) is 17.1 Å². The molecule has 14 nitrogen and oxygen atoms in total. The molecule has 0 spiro atoms. The van der Waals surface area contributed by atoms with Crippen LogP contribution in [-0.2, 0) is 7.05 Å². The van der Waals surface area contributed by atoms with Crippen LogP contribution >= 0.6 is 0 Å². The van der Waals surface area contributed by atoms with Crippen LogP contribution in [0.4, 0.5) is 0 Å². The normalized spacial score (nSPS) is 10.4. The van der Waals surface area contributed by atoms with E-state index in [0.717, 1.165) is 0 Å². The number of pyridine rings is 2. The van der Waals surface area contributed by atoms with Gasteiger partial charge in [0, 0.05) is 49.2 Å². The lowest BCUT2D eigenvalue weighted by molar-refractivity contribution is 0.238. The predicted octanol–water partition coefficient (Wildman–Crippen LogP) is 3.24. The highest BCUT2D eigenvalue weighted by Gasteiger charge is 2.08. The van der Waals surface area contributed by atoms with E-state index < -0.39 is 0 Å². The van der Waals surface area contributed by atoms with Crippen LogP contribution in [0.3, 0.4) is 0 Å². The number of aromatic amines is 3. The van der Waals surface area contributed by atoms with Crippen molar-refractivity contribution in [2.75, 3.05) is 0 Å². The maximum atomic E-state index is 11.7. The maximum Gasteiger partial charge on any atom is 0.293 e. The minimum atomic E-state index is -0.297. The van der Waals surface area contributed by atoms with Crippen LogP contribution in [0.15, 0.2) is 94.3 Å². The van der Waals surface area contributed by atoms with Gasteiger partial charge in [0.15, 0.2) is 17.5 Å². The fraction of sp³-hybridized carbons (Fsp3) is 0.194. The van der Waals surface area contributed by atoms with Gasteiger partial charge in [-0.2, -0.15) is 0 Å². The molecule has 0 aromatic carbocycles. The number of nitrogens with one attached hydrogen (secondary N) is 3. The van der Waals surface area contributed by atoms with Gasteiger partial charge < -0.3 is 24.3 Å².